The average Bonchev–Trinajstić information content (AvgIpc) is 2.54. The zero-order chi connectivity index (χ0) is 17.0. The van der Waals surface area contributed by atoms with E-state index >= 15 is 0 Å². The van der Waals surface area contributed by atoms with Gasteiger partial charge >= 0.3 is 6.03 Å². The lowest BCUT2D eigenvalue weighted by atomic mass is 10.1. The molecule has 1 heterocycles. The van der Waals surface area contributed by atoms with Crippen molar-refractivity contribution in [1.82, 2.24) is 15.1 Å². The van der Waals surface area contributed by atoms with E-state index in [2.05, 4.69) is 5.32 Å². The first kappa shape index (κ1) is 17.0. The molecule has 0 bridgehead atoms. The van der Waals surface area contributed by atoms with E-state index in [1.165, 1.54) is 18.2 Å². The summed E-state index contributed by atoms with van der Waals surface area (Å²) in [5, 5.41) is 13.5. The van der Waals surface area contributed by atoms with Gasteiger partial charge in [0.15, 0.2) is 0 Å². The number of nitrogens with zero attached hydrogens (tertiary/aromatic N) is 3. The minimum Gasteiger partial charge on any atom is -0.338 e. The van der Waals surface area contributed by atoms with Crippen LogP contribution in [0.15, 0.2) is 18.2 Å². The third-order valence-corrected chi connectivity index (χ3v) is 3.89. The smallest absolute Gasteiger partial charge is 0.317 e. The number of hydrogen-bond acceptors (Lipinski definition) is 4. The van der Waals surface area contributed by atoms with Gasteiger partial charge < -0.3 is 15.1 Å². The number of benzene rings is 1. The summed E-state index contributed by atoms with van der Waals surface area (Å²) in [6.07, 6.45) is 0. The van der Waals surface area contributed by atoms with Crippen LogP contribution >= 0.6 is 11.6 Å². The van der Waals surface area contributed by atoms with Crippen molar-refractivity contribution in [2.75, 3.05) is 32.7 Å². The molecule has 8 nitrogen and oxygen atoms in total. The second kappa shape index (κ2) is 7.28. The number of hydrogen-bond donors (Lipinski definition) is 1. The number of nitro benzene ring substituents is 1. The van der Waals surface area contributed by atoms with Gasteiger partial charge in [0.25, 0.3) is 11.6 Å². The van der Waals surface area contributed by atoms with Gasteiger partial charge in [0, 0.05) is 44.9 Å². The van der Waals surface area contributed by atoms with Crippen LogP contribution in [0.25, 0.3) is 0 Å². The van der Waals surface area contributed by atoms with Gasteiger partial charge in [0.2, 0.25) is 0 Å². The van der Waals surface area contributed by atoms with E-state index in [1.807, 2.05) is 6.92 Å². The maximum atomic E-state index is 12.5. The first-order valence-corrected chi connectivity index (χ1v) is 7.57. The molecule has 1 aromatic carbocycles. The normalized spacial score (nSPS) is 14.5. The predicted octanol–water partition coefficient (Wildman–Crippen LogP) is 1.74. The topological polar surface area (TPSA) is 95.8 Å². The molecule has 23 heavy (non-hydrogen) atoms. The second-order valence-electron chi connectivity index (χ2n) is 5.04. The van der Waals surface area contributed by atoms with Crippen LogP contribution in [0.4, 0.5) is 10.5 Å². The molecule has 0 aromatic heterocycles. The van der Waals surface area contributed by atoms with E-state index < -0.39 is 4.92 Å². The summed E-state index contributed by atoms with van der Waals surface area (Å²) in [6, 6.07) is 3.64. The highest BCUT2D eigenvalue weighted by atomic mass is 35.5. The summed E-state index contributed by atoms with van der Waals surface area (Å²) < 4.78 is 0. The summed E-state index contributed by atoms with van der Waals surface area (Å²) in [6.45, 7) is 4.04. The van der Waals surface area contributed by atoms with Crippen LogP contribution in [0.1, 0.15) is 17.3 Å². The van der Waals surface area contributed by atoms with Gasteiger partial charge in [0.1, 0.15) is 0 Å². The van der Waals surface area contributed by atoms with Crippen molar-refractivity contribution >= 4 is 29.2 Å². The molecule has 9 heteroatoms. The highest BCUT2D eigenvalue weighted by molar-refractivity contribution is 6.34. The van der Waals surface area contributed by atoms with Gasteiger partial charge in [-0.25, -0.2) is 4.79 Å². The summed E-state index contributed by atoms with van der Waals surface area (Å²) in [7, 11) is 0. The van der Waals surface area contributed by atoms with E-state index in [-0.39, 0.29) is 28.2 Å². The molecule has 0 unspecified atom stereocenters. The lowest BCUT2D eigenvalue weighted by molar-refractivity contribution is -0.384. The minimum atomic E-state index is -0.564. The molecule has 1 aromatic rings. The third kappa shape index (κ3) is 3.89. The minimum absolute atomic E-state index is 0.0513. The van der Waals surface area contributed by atoms with E-state index in [0.29, 0.717) is 32.7 Å². The number of halogens is 1. The highest BCUT2D eigenvalue weighted by Crippen LogP contribution is 2.24. The van der Waals surface area contributed by atoms with Crippen molar-refractivity contribution in [2.45, 2.75) is 6.92 Å². The fraction of sp³-hybridized carbons (Fsp3) is 0.429. The number of amides is 3. The van der Waals surface area contributed by atoms with Gasteiger partial charge in [0.05, 0.1) is 15.5 Å². The molecule has 1 aliphatic heterocycles. The van der Waals surface area contributed by atoms with E-state index in [4.69, 9.17) is 11.6 Å². The lowest BCUT2D eigenvalue weighted by Gasteiger charge is -2.34. The zero-order valence-electron chi connectivity index (χ0n) is 12.6. The number of rotatable bonds is 3. The van der Waals surface area contributed by atoms with Crippen molar-refractivity contribution in [3.63, 3.8) is 0 Å². The Morgan fingerprint density at radius 1 is 1.26 bits per heavy atom. The van der Waals surface area contributed by atoms with Crippen LogP contribution in [0.5, 0.6) is 0 Å². The van der Waals surface area contributed by atoms with Gasteiger partial charge in [-0.2, -0.15) is 0 Å². The van der Waals surface area contributed by atoms with Crippen molar-refractivity contribution < 1.29 is 14.5 Å². The number of piperazine rings is 1. The van der Waals surface area contributed by atoms with E-state index in [1.54, 1.807) is 9.80 Å². The fourth-order valence-corrected chi connectivity index (χ4v) is 2.59. The largest absolute Gasteiger partial charge is 0.338 e. The first-order chi connectivity index (χ1) is 10.9. The molecule has 0 radical (unpaired) electrons. The lowest BCUT2D eigenvalue weighted by Crippen LogP contribution is -2.53. The Hall–Kier alpha value is -2.35. The summed E-state index contributed by atoms with van der Waals surface area (Å²) in [5.74, 6) is -0.291. The van der Waals surface area contributed by atoms with Crippen LogP contribution in [0.2, 0.25) is 5.02 Å². The molecule has 1 fully saturated rings. The Labute approximate surface area is 138 Å². The molecule has 0 atom stereocenters. The molecule has 1 aliphatic rings. The van der Waals surface area contributed by atoms with Crippen molar-refractivity contribution in [2.24, 2.45) is 0 Å². The van der Waals surface area contributed by atoms with Gasteiger partial charge in [-0.15, -0.1) is 0 Å². The number of nitrogens with one attached hydrogen (secondary N) is 1. The average molecular weight is 341 g/mol. The van der Waals surface area contributed by atoms with E-state index in [9.17, 15) is 19.7 Å². The highest BCUT2D eigenvalue weighted by Gasteiger charge is 2.26. The number of carbonyl (C=O) groups excluding carboxylic acids is 2. The molecular formula is C14H17ClN4O4. The fourth-order valence-electron chi connectivity index (χ4n) is 2.34. The molecule has 1 N–H and O–H groups in total. The molecule has 0 spiro atoms. The van der Waals surface area contributed by atoms with Crippen molar-refractivity contribution in [3.8, 4) is 0 Å². The predicted molar refractivity (Wildman–Crippen MR) is 84.7 cm³/mol. The van der Waals surface area contributed by atoms with Gasteiger partial charge in [-0.1, -0.05) is 11.6 Å². The summed E-state index contributed by atoms with van der Waals surface area (Å²) in [5.41, 5.74) is 0.0660. The summed E-state index contributed by atoms with van der Waals surface area (Å²) >= 11 is 5.98. The van der Waals surface area contributed by atoms with Crippen LogP contribution in [-0.2, 0) is 0 Å². The SMILES string of the molecule is CCNC(=O)N1CCN(C(=O)c2ccc([N+](=O)[O-])cc2Cl)CC1. The molecule has 3 amide bonds. The van der Waals surface area contributed by atoms with E-state index in [0.717, 1.165) is 0 Å². The van der Waals surface area contributed by atoms with Crippen molar-refractivity contribution in [1.29, 1.82) is 0 Å². The number of nitro groups is 1. The van der Waals surface area contributed by atoms with Gasteiger partial charge in [-0.3, -0.25) is 14.9 Å². The van der Waals surface area contributed by atoms with Crippen LogP contribution < -0.4 is 5.32 Å². The third-order valence-electron chi connectivity index (χ3n) is 3.58. The van der Waals surface area contributed by atoms with Crippen LogP contribution in [0, 0.1) is 10.1 Å². The number of carbonyl (C=O) groups is 2. The number of urea groups is 1. The Balaban J connectivity index is 2.03. The standard InChI is InChI=1S/C14H17ClN4O4/c1-2-16-14(21)18-7-5-17(6-8-18)13(20)11-4-3-10(19(22)23)9-12(11)15/h3-4,9H,2,5-8H2,1H3,(H,16,21). The van der Waals surface area contributed by atoms with Crippen LogP contribution in [-0.4, -0.2) is 59.4 Å². The first-order valence-electron chi connectivity index (χ1n) is 7.20. The van der Waals surface area contributed by atoms with Crippen LogP contribution in [0.3, 0.4) is 0 Å². The molecule has 2 rings (SSSR count). The Bertz CT molecular complexity index is 629. The zero-order valence-corrected chi connectivity index (χ0v) is 13.4. The maximum Gasteiger partial charge on any atom is 0.317 e. The van der Waals surface area contributed by atoms with Gasteiger partial charge in [-0.05, 0) is 13.0 Å². The molecule has 0 saturated carbocycles. The monoisotopic (exact) mass is 340 g/mol. The quantitative estimate of drug-likeness (QED) is 0.669. The summed E-state index contributed by atoms with van der Waals surface area (Å²) in [4.78, 5) is 37.5. The Kier molecular flexibility index (Phi) is 5.38. The Morgan fingerprint density at radius 2 is 1.87 bits per heavy atom. The van der Waals surface area contributed by atoms with Crippen molar-refractivity contribution in [3.05, 3.63) is 38.9 Å². The second-order valence-corrected chi connectivity index (χ2v) is 5.44. The molecule has 1 saturated heterocycles. The molecule has 0 aliphatic carbocycles. The molecule has 124 valence electrons. The Morgan fingerprint density at radius 3 is 2.39 bits per heavy atom. The number of non-ortho nitro benzene ring substituents is 1. The molecular weight excluding hydrogens is 324 g/mol. The maximum absolute atomic E-state index is 12.5.